The number of hydrogen-bond acceptors (Lipinski definition) is 3. The van der Waals surface area contributed by atoms with E-state index in [0.717, 1.165) is 42.1 Å². The Kier molecular flexibility index (Phi) is 8.23. The van der Waals surface area contributed by atoms with Gasteiger partial charge >= 0.3 is 0 Å². The van der Waals surface area contributed by atoms with Crippen molar-refractivity contribution in [1.82, 2.24) is 10.2 Å². The highest BCUT2D eigenvalue weighted by Crippen LogP contribution is 2.21. The van der Waals surface area contributed by atoms with Gasteiger partial charge in [0.05, 0.1) is 6.61 Å². The number of amides is 2. The van der Waals surface area contributed by atoms with E-state index in [-0.39, 0.29) is 17.7 Å². The van der Waals surface area contributed by atoms with Crippen molar-refractivity contribution in [3.63, 3.8) is 0 Å². The Morgan fingerprint density at radius 1 is 1.31 bits per heavy atom. The van der Waals surface area contributed by atoms with Gasteiger partial charge in [-0.2, -0.15) is 0 Å². The summed E-state index contributed by atoms with van der Waals surface area (Å²) in [5.41, 5.74) is 0.978. The van der Waals surface area contributed by atoms with E-state index in [0.29, 0.717) is 32.5 Å². The molecule has 6 heteroatoms. The number of benzene rings is 1. The predicted octanol–water partition coefficient (Wildman–Crippen LogP) is 3.57. The van der Waals surface area contributed by atoms with E-state index in [2.05, 4.69) is 5.32 Å². The fourth-order valence-corrected chi connectivity index (χ4v) is 3.18. The first-order valence-electron chi connectivity index (χ1n) is 9.45. The van der Waals surface area contributed by atoms with Crippen LogP contribution in [0, 0.1) is 12.8 Å². The number of ether oxygens (including phenoxy) is 1. The van der Waals surface area contributed by atoms with Crippen molar-refractivity contribution in [1.29, 1.82) is 0 Å². The standard InChI is InChI=1S/C20H29ClN2O3/c1-3-10-22-20(25)16-8-11-23(12-9-16)19(24)5-4-13-26-17-6-7-18(21)15(2)14-17/h6-7,14,16H,3-5,8-13H2,1-2H3,(H,22,25). The lowest BCUT2D eigenvalue weighted by atomic mass is 9.95. The molecule has 26 heavy (non-hydrogen) atoms. The van der Waals surface area contributed by atoms with Gasteiger partial charge in [-0.3, -0.25) is 9.59 Å². The topological polar surface area (TPSA) is 58.6 Å². The average molecular weight is 381 g/mol. The Balaban J connectivity index is 1.64. The Hall–Kier alpha value is -1.75. The quantitative estimate of drug-likeness (QED) is 0.701. The second-order valence-corrected chi connectivity index (χ2v) is 7.22. The summed E-state index contributed by atoms with van der Waals surface area (Å²) in [4.78, 5) is 26.2. The molecule has 0 saturated carbocycles. The number of likely N-dealkylation sites (tertiary alicyclic amines) is 1. The van der Waals surface area contributed by atoms with Crippen LogP contribution in [0.25, 0.3) is 0 Å². The summed E-state index contributed by atoms with van der Waals surface area (Å²) in [6.45, 7) is 6.54. The Morgan fingerprint density at radius 3 is 2.69 bits per heavy atom. The molecule has 0 atom stereocenters. The molecule has 0 aliphatic carbocycles. The maximum atomic E-state index is 12.3. The number of hydrogen-bond donors (Lipinski definition) is 1. The number of nitrogens with zero attached hydrogens (tertiary/aromatic N) is 1. The fourth-order valence-electron chi connectivity index (χ4n) is 3.06. The van der Waals surface area contributed by atoms with E-state index in [1.165, 1.54) is 0 Å². The van der Waals surface area contributed by atoms with Crippen LogP contribution in [-0.4, -0.2) is 43.0 Å². The number of nitrogens with one attached hydrogen (secondary N) is 1. The number of piperidine rings is 1. The van der Waals surface area contributed by atoms with Crippen LogP contribution in [0.15, 0.2) is 18.2 Å². The van der Waals surface area contributed by atoms with Crippen LogP contribution in [0.1, 0.15) is 44.6 Å². The summed E-state index contributed by atoms with van der Waals surface area (Å²) < 4.78 is 5.68. The summed E-state index contributed by atoms with van der Waals surface area (Å²) in [6, 6.07) is 5.56. The molecule has 1 fully saturated rings. The first-order chi connectivity index (χ1) is 12.5. The maximum absolute atomic E-state index is 12.3. The number of halogens is 1. The summed E-state index contributed by atoms with van der Waals surface area (Å²) in [7, 11) is 0. The smallest absolute Gasteiger partial charge is 0.223 e. The van der Waals surface area contributed by atoms with Gasteiger partial charge in [0.1, 0.15) is 5.75 Å². The Bertz CT molecular complexity index is 613. The lowest BCUT2D eigenvalue weighted by Gasteiger charge is -2.31. The molecule has 1 aliphatic rings. The molecule has 0 bridgehead atoms. The zero-order valence-corrected chi connectivity index (χ0v) is 16.5. The SMILES string of the molecule is CCCNC(=O)C1CCN(C(=O)CCCOc2ccc(Cl)c(C)c2)CC1. The molecule has 1 aromatic rings. The number of rotatable bonds is 8. The van der Waals surface area contributed by atoms with Crippen molar-refractivity contribution >= 4 is 23.4 Å². The van der Waals surface area contributed by atoms with Gasteiger partial charge in [0.25, 0.3) is 0 Å². The summed E-state index contributed by atoms with van der Waals surface area (Å²) >= 11 is 5.99. The molecular weight excluding hydrogens is 352 g/mol. The second-order valence-electron chi connectivity index (χ2n) is 6.81. The van der Waals surface area contributed by atoms with E-state index < -0.39 is 0 Å². The average Bonchev–Trinajstić information content (AvgIpc) is 2.66. The van der Waals surface area contributed by atoms with Crippen molar-refractivity contribution in [2.24, 2.45) is 5.92 Å². The molecule has 2 rings (SSSR count). The number of carbonyl (C=O) groups excluding carboxylic acids is 2. The molecule has 5 nitrogen and oxygen atoms in total. The maximum Gasteiger partial charge on any atom is 0.223 e. The molecule has 144 valence electrons. The molecule has 0 radical (unpaired) electrons. The molecule has 0 unspecified atom stereocenters. The zero-order chi connectivity index (χ0) is 18.9. The minimum Gasteiger partial charge on any atom is -0.494 e. The molecule has 2 amide bonds. The second kappa shape index (κ2) is 10.4. The summed E-state index contributed by atoms with van der Waals surface area (Å²) in [6.07, 6.45) is 3.60. The lowest BCUT2D eigenvalue weighted by molar-refractivity contribution is -0.135. The minimum absolute atomic E-state index is 0.0436. The van der Waals surface area contributed by atoms with Crippen molar-refractivity contribution < 1.29 is 14.3 Å². The summed E-state index contributed by atoms with van der Waals surface area (Å²) in [5, 5.41) is 3.67. The van der Waals surface area contributed by atoms with E-state index >= 15 is 0 Å². The van der Waals surface area contributed by atoms with Gasteiger partial charge in [-0.15, -0.1) is 0 Å². The van der Waals surface area contributed by atoms with Gasteiger partial charge in [-0.25, -0.2) is 0 Å². The van der Waals surface area contributed by atoms with Gasteiger partial charge in [-0.05, 0) is 56.4 Å². The predicted molar refractivity (Wildman–Crippen MR) is 104 cm³/mol. The molecule has 0 aromatic heterocycles. The minimum atomic E-state index is 0.0436. The van der Waals surface area contributed by atoms with Crippen LogP contribution in [0.2, 0.25) is 5.02 Å². The highest BCUT2D eigenvalue weighted by molar-refractivity contribution is 6.31. The Morgan fingerprint density at radius 2 is 2.04 bits per heavy atom. The normalized spacial score (nSPS) is 15.0. The molecule has 1 saturated heterocycles. The number of aryl methyl sites for hydroxylation is 1. The molecule has 1 aliphatic heterocycles. The van der Waals surface area contributed by atoms with E-state index in [4.69, 9.17) is 16.3 Å². The molecule has 1 aromatic carbocycles. The van der Waals surface area contributed by atoms with Gasteiger partial charge in [0.2, 0.25) is 11.8 Å². The first-order valence-corrected chi connectivity index (χ1v) is 9.83. The third-order valence-electron chi connectivity index (χ3n) is 4.70. The van der Waals surface area contributed by atoms with Gasteiger partial charge in [-0.1, -0.05) is 18.5 Å². The van der Waals surface area contributed by atoms with Gasteiger partial charge < -0.3 is 15.0 Å². The van der Waals surface area contributed by atoms with Crippen molar-refractivity contribution in [2.75, 3.05) is 26.2 Å². The van der Waals surface area contributed by atoms with Crippen LogP contribution in [-0.2, 0) is 9.59 Å². The molecule has 1 heterocycles. The van der Waals surface area contributed by atoms with Crippen LogP contribution in [0.5, 0.6) is 5.75 Å². The third kappa shape index (κ3) is 6.20. The largest absolute Gasteiger partial charge is 0.494 e. The van der Waals surface area contributed by atoms with Crippen LogP contribution in [0.3, 0.4) is 0 Å². The fraction of sp³-hybridized carbons (Fsp3) is 0.600. The monoisotopic (exact) mass is 380 g/mol. The van der Waals surface area contributed by atoms with Gasteiger partial charge in [0, 0.05) is 37.0 Å². The zero-order valence-electron chi connectivity index (χ0n) is 15.7. The van der Waals surface area contributed by atoms with Crippen LogP contribution in [0.4, 0.5) is 0 Å². The van der Waals surface area contributed by atoms with E-state index in [1.54, 1.807) is 0 Å². The molecule has 0 spiro atoms. The van der Waals surface area contributed by atoms with E-state index in [9.17, 15) is 9.59 Å². The highest BCUT2D eigenvalue weighted by atomic mass is 35.5. The van der Waals surface area contributed by atoms with Crippen LogP contribution < -0.4 is 10.1 Å². The third-order valence-corrected chi connectivity index (χ3v) is 5.12. The van der Waals surface area contributed by atoms with E-state index in [1.807, 2.05) is 36.9 Å². The van der Waals surface area contributed by atoms with Crippen molar-refractivity contribution in [2.45, 2.75) is 46.0 Å². The van der Waals surface area contributed by atoms with Gasteiger partial charge in [0.15, 0.2) is 0 Å². The summed E-state index contributed by atoms with van der Waals surface area (Å²) in [5.74, 6) is 1.10. The Labute approximate surface area is 161 Å². The van der Waals surface area contributed by atoms with Crippen LogP contribution >= 0.6 is 11.6 Å². The van der Waals surface area contributed by atoms with Crippen molar-refractivity contribution in [3.05, 3.63) is 28.8 Å². The molecular formula is C20H29ClN2O3. The van der Waals surface area contributed by atoms with Crippen molar-refractivity contribution in [3.8, 4) is 5.75 Å². The lowest BCUT2D eigenvalue weighted by Crippen LogP contribution is -2.43. The molecule has 1 N–H and O–H groups in total. The number of carbonyl (C=O) groups is 2. The first kappa shape index (κ1) is 20.6. The highest BCUT2D eigenvalue weighted by Gasteiger charge is 2.26.